The van der Waals surface area contributed by atoms with Crippen LogP contribution < -0.4 is 11.3 Å². The van der Waals surface area contributed by atoms with Crippen LogP contribution in [0.4, 0.5) is 10.3 Å². The molecule has 0 amide bonds. The van der Waals surface area contributed by atoms with Crippen molar-refractivity contribution in [2.45, 2.75) is 51.6 Å². The van der Waals surface area contributed by atoms with Crippen molar-refractivity contribution in [1.82, 2.24) is 29.3 Å². The molecule has 0 saturated heterocycles. The number of pyridine rings is 1. The molecule has 214 valence electrons. The Morgan fingerprint density at radius 1 is 1.17 bits per heavy atom. The Kier molecular flexibility index (Phi) is 7.24. The van der Waals surface area contributed by atoms with Crippen LogP contribution in [0.5, 0.6) is 0 Å². The van der Waals surface area contributed by atoms with Crippen molar-refractivity contribution in [3.8, 4) is 17.1 Å². The van der Waals surface area contributed by atoms with Gasteiger partial charge in [-0.05, 0) is 59.9 Å². The molecular weight excluding hydrogens is 537 g/mol. The molecule has 1 aliphatic carbocycles. The molecule has 1 saturated carbocycles. The normalized spacial score (nSPS) is 13.0. The number of hydrogen-bond acceptors (Lipinski definition) is 8. The Morgan fingerprint density at radius 2 is 2.00 bits per heavy atom. The predicted molar refractivity (Wildman–Crippen MR) is 155 cm³/mol. The van der Waals surface area contributed by atoms with Crippen molar-refractivity contribution in [3.05, 3.63) is 93.7 Å². The fraction of sp³-hybridized carbons (Fsp3) is 0.290. The molecule has 0 spiro atoms. The fourth-order valence-electron chi connectivity index (χ4n) is 5.17. The molecule has 2 N–H and O–H groups in total. The second kappa shape index (κ2) is 11.2. The van der Waals surface area contributed by atoms with Gasteiger partial charge in [-0.2, -0.15) is 15.1 Å². The number of carbonyl (C=O) groups is 1. The Bertz CT molecular complexity index is 1880. The van der Waals surface area contributed by atoms with Crippen LogP contribution in [0.3, 0.4) is 0 Å². The molecule has 0 atom stereocenters. The van der Waals surface area contributed by atoms with Crippen molar-refractivity contribution in [2.75, 3.05) is 5.73 Å². The Balaban J connectivity index is 1.48. The summed E-state index contributed by atoms with van der Waals surface area (Å²) in [5.74, 6) is 0.138. The summed E-state index contributed by atoms with van der Waals surface area (Å²) in [4.78, 5) is 39.5. The Hall–Kier alpha value is -4.93. The first-order chi connectivity index (χ1) is 20.3. The van der Waals surface area contributed by atoms with Crippen molar-refractivity contribution >= 4 is 22.7 Å². The van der Waals surface area contributed by atoms with Crippen LogP contribution in [0.1, 0.15) is 61.0 Å². The van der Waals surface area contributed by atoms with Crippen molar-refractivity contribution < 1.29 is 13.9 Å². The van der Waals surface area contributed by atoms with Gasteiger partial charge in [0.15, 0.2) is 5.82 Å². The number of ether oxygens (including phenoxy) is 1. The lowest BCUT2D eigenvalue weighted by molar-refractivity contribution is -0.144. The molecule has 3 aromatic heterocycles. The highest BCUT2D eigenvalue weighted by Gasteiger charge is 2.26. The van der Waals surface area contributed by atoms with Crippen LogP contribution >= 0.6 is 0 Å². The maximum atomic E-state index is 15.3. The number of nitrogens with zero attached hydrogens (tertiary/aromatic N) is 6. The summed E-state index contributed by atoms with van der Waals surface area (Å²) < 4.78 is 24.0. The highest BCUT2D eigenvalue weighted by atomic mass is 19.1. The Morgan fingerprint density at radius 3 is 2.74 bits per heavy atom. The summed E-state index contributed by atoms with van der Waals surface area (Å²) in [5, 5.41) is 4.75. The van der Waals surface area contributed by atoms with Gasteiger partial charge in [0.1, 0.15) is 18.2 Å². The smallest absolute Gasteiger partial charge is 0.306 e. The molecule has 3 heterocycles. The number of benzene rings is 2. The summed E-state index contributed by atoms with van der Waals surface area (Å²) in [6.07, 6.45) is 8.50. The van der Waals surface area contributed by atoms with E-state index in [1.54, 1.807) is 41.3 Å². The summed E-state index contributed by atoms with van der Waals surface area (Å²) in [6.45, 7) is 1.73. The zero-order valence-corrected chi connectivity index (χ0v) is 23.4. The maximum Gasteiger partial charge on any atom is 0.306 e. The van der Waals surface area contributed by atoms with Crippen LogP contribution in [0.15, 0.2) is 59.8 Å². The zero-order valence-electron chi connectivity index (χ0n) is 23.4. The quantitative estimate of drug-likeness (QED) is 0.256. The van der Waals surface area contributed by atoms with Gasteiger partial charge in [-0.3, -0.25) is 18.8 Å². The lowest BCUT2D eigenvalue weighted by Gasteiger charge is -2.17. The molecule has 0 bridgehead atoms. The van der Waals surface area contributed by atoms with E-state index in [0.717, 1.165) is 24.0 Å². The summed E-state index contributed by atoms with van der Waals surface area (Å²) in [6, 6.07) is 10.3. The molecular formula is C31H30FN7O3. The third-order valence-corrected chi connectivity index (χ3v) is 7.33. The van der Waals surface area contributed by atoms with Gasteiger partial charge in [-0.25, -0.2) is 9.37 Å². The number of rotatable bonds is 9. The molecule has 42 heavy (non-hydrogen) atoms. The van der Waals surface area contributed by atoms with Crippen LogP contribution in [0, 0.1) is 5.82 Å². The molecule has 10 nitrogen and oxygen atoms in total. The predicted octanol–water partition coefficient (Wildman–Crippen LogP) is 4.61. The van der Waals surface area contributed by atoms with Gasteiger partial charge in [0.05, 0.1) is 17.3 Å². The summed E-state index contributed by atoms with van der Waals surface area (Å²) >= 11 is 0. The average Bonchev–Trinajstić information content (AvgIpc) is 3.73. The van der Waals surface area contributed by atoms with Gasteiger partial charge in [0, 0.05) is 43.4 Å². The van der Waals surface area contributed by atoms with Crippen LogP contribution in [-0.4, -0.2) is 35.3 Å². The number of anilines is 1. The van der Waals surface area contributed by atoms with E-state index < -0.39 is 11.4 Å². The summed E-state index contributed by atoms with van der Waals surface area (Å²) in [7, 11) is 1.82. The van der Waals surface area contributed by atoms with Gasteiger partial charge in [0.25, 0.3) is 5.56 Å². The number of hydrogen-bond donors (Lipinski definition) is 1. The lowest BCUT2D eigenvalue weighted by atomic mass is 10.0. The van der Waals surface area contributed by atoms with Gasteiger partial charge in [-0.15, -0.1) is 0 Å². The highest BCUT2D eigenvalue weighted by molar-refractivity contribution is 5.83. The molecule has 0 radical (unpaired) electrons. The molecule has 5 aromatic rings. The number of fused-ring (bicyclic) bond motifs is 1. The molecule has 6 rings (SSSR count). The number of esters is 1. The minimum absolute atomic E-state index is 0.00407. The van der Waals surface area contributed by atoms with Crippen molar-refractivity contribution in [3.63, 3.8) is 0 Å². The van der Waals surface area contributed by atoms with Gasteiger partial charge < -0.3 is 10.5 Å². The lowest BCUT2D eigenvalue weighted by Crippen LogP contribution is -2.21. The van der Waals surface area contributed by atoms with Crippen molar-refractivity contribution in [2.24, 2.45) is 7.05 Å². The van der Waals surface area contributed by atoms with E-state index in [1.165, 1.54) is 10.6 Å². The van der Waals surface area contributed by atoms with E-state index in [9.17, 15) is 9.59 Å². The second-order valence-electron chi connectivity index (χ2n) is 10.6. The van der Waals surface area contributed by atoms with Gasteiger partial charge in [0.2, 0.25) is 5.95 Å². The second-order valence-corrected chi connectivity index (χ2v) is 10.6. The number of carbonyl (C=O) groups excluding carboxylic acids is 1. The third-order valence-electron chi connectivity index (χ3n) is 7.33. The fourth-order valence-corrected chi connectivity index (χ4v) is 5.17. The van der Waals surface area contributed by atoms with E-state index in [4.69, 9.17) is 10.5 Å². The highest BCUT2D eigenvalue weighted by Crippen LogP contribution is 2.41. The summed E-state index contributed by atoms with van der Waals surface area (Å²) in [5.41, 5.74) is 8.80. The van der Waals surface area contributed by atoms with Gasteiger partial charge in [-0.1, -0.05) is 25.1 Å². The first-order valence-electron chi connectivity index (χ1n) is 13.9. The van der Waals surface area contributed by atoms with E-state index in [2.05, 4.69) is 20.1 Å². The monoisotopic (exact) mass is 567 g/mol. The average molecular weight is 568 g/mol. The number of nitrogens with two attached hydrogens (primary N) is 1. The molecule has 0 aliphatic heterocycles. The number of nitrogen functional groups attached to an aromatic ring is 1. The van der Waals surface area contributed by atoms with Gasteiger partial charge >= 0.3 is 5.97 Å². The topological polar surface area (TPSA) is 131 Å². The van der Waals surface area contributed by atoms with Crippen molar-refractivity contribution in [1.29, 1.82) is 0 Å². The molecule has 2 aromatic carbocycles. The SMILES string of the molecule is CCCC(=O)OCc1c(-c2nc(N)nc(Cc3cnn(C)c3)n2)cccc1-n1ccc2cc(C3CC3)cc(F)c2c1=O. The number of aryl methyl sites for hydroxylation is 1. The third kappa shape index (κ3) is 5.50. The van der Waals surface area contributed by atoms with Crippen LogP contribution in [-0.2, 0) is 29.6 Å². The Labute approximate surface area is 241 Å². The number of aromatic nitrogens is 6. The number of halogens is 1. The van der Waals surface area contributed by atoms with E-state index in [-0.39, 0.29) is 36.2 Å². The molecule has 0 unspecified atom stereocenters. The maximum absolute atomic E-state index is 15.3. The van der Waals surface area contributed by atoms with E-state index in [0.29, 0.717) is 46.8 Å². The largest absolute Gasteiger partial charge is 0.461 e. The van der Waals surface area contributed by atoms with E-state index >= 15 is 4.39 Å². The van der Waals surface area contributed by atoms with Crippen LogP contribution in [0.25, 0.3) is 27.8 Å². The molecule has 1 aliphatic rings. The first-order valence-corrected chi connectivity index (χ1v) is 13.9. The first kappa shape index (κ1) is 27.3. The molecule has 11 heteroatoms. The van der Waals surface area contributed by atoms with E-state index in [1.807, 2.05) is 26.2 Å². The minimum atomic E-state index is -0.550. The van der Waals surface area contributed by atoms with Crippen LogP contribution in [0.2, 0.25) is 0 Å². The zero-order chi connectivity index (χ0) is 29.4. The minimum Gasteiger partial charge on any atom is -0.461 e. The standard InChI is InChI=1S/C31H30FN7O3/c1-3-5-27(40)42-17-23-22(29-35-26(36-31(33)37-29)12-18-15-34-38(2)16-18)6-4-7-25(23)39-11-10-20-13-21(19-8-9-19)14-24(32)28(20)30(39)41/h4,6-7,10-11,13-16,19H,3,5,8-9,12,17H2,1-2H3,(H2,33,35,36,37). The molecule has 1 fully saturated rings.